The van der Waals surface area contributed by atoms with Gasteiger partial charge in [0.1, 0.15) is 18.2 Å². The highest BCUT2D eigenvalue weighted by atomic mass is 35.5. The van der Waals surface area contributed by atoms with Crippen LogP contribution in [0.3, 0.4) is 0 Å². The first-order valence-electron chi connectivity index (χ1n) is 11.6. The summed E-state index contributed by atoms with van der Waals surface area (Å²) in [6.07, 6.45) is 2.96. The standard InChI is InChI=1S/C26H26ClN7O/c1-33-9-7-26(33)14-34(15-26)22-12-21-18(11-20(22)28)24(29)32-25(31-21)16-5-6-23(19(27)10-16)35-13-17-4-2-3-8-30-17/h2-6,8,10-12H,7,9,13-15,28H2,1H3,(H2,29,31,32). The predicted octanol–water partition coefficient (Wildman–Crippen LogP) is 3.98. The van der Waals surface area contributed by atoms with Crippen LogP contribution in [-0.4, -0.2) is 52.1 Å². The molecule has 4 N–H and O–H groups in total. The van der Waals surface area contributed by atoms with Gasteiger partial charge in [-0.15, -0.1) is 0 Å². The molecular formula is C26H26ClN7O. The van der Waals surface area contributed by atoms with E-state index in [1.165, 1.54) is 6.42 Å². The van der Waals surface area contributed by atoms with Crippen LogP contribution in [0.15, 0.2) is 54.7 Å². The molecule has 35 heavy (non-hydrogen) atoms. The number of pyridine rings is 1. The number of anilines is 3. The van der Waals surface area contributed by atoms with Crippen LogP contribution >= 0.6 is 11.6 Å². The lowest BCUT2D eigenvalue weighted by molar-refractivity contribution is -0.0126. The van der Waals surface area contributed by atoms with Crippen molar-refractivity contribution in [3.05, 3.63) is 65.4 Å². The summed E-state index contributed by atoms with van der Waals surface area (Å²) in [5.74, 6) is 1.45. The smallest absolute Gasteiger partial charge is 0.162 e. The molecule has 0 saturated carbocycles. The number of likely N-dealkylation sites (N-methyl/N-ethyl adjacent to an activating group) is 1. The van der Waals surface area contributed by atoms with Crippen molar-refractivity contribution in [3.8, 4) is 17.1 Å². The van der Waals surface area contributed by atoms with Crippen molar-refractivity contribution in [1.29, 1.82) is 0 Å². The van der Waals surface area contributed by atoms with Gasteiger partial charge in [-0.25, -0.2) is 9.97 Å². The lowest BCUT2D eigenvalue weighted by atomic mass is 9.77. The Labute approximate surface area is 208 Å². The third-order valence-corrected chi connectivity index (χ3v) is 7.49. The summed E-state index contributed by atoms with van der Waals surface area (Å²) in [6.45, 7) is 3.44. The quantitative estimate of drug-likeness (QED) is 0.407. The van der Waals surface area contributed by atoms with E-state index in [-0.39, 0.29) is 0 Å². The van der Waals surface area contributed by atoms with E-state index in [9.17, 15) is 0 Å². The van der Waals surface area contributed by atoms with Crippen molar-refractivity contribution in [2.45, 2.75) is 18.6 Å². The molecule has 0 unspecified atom stereocenters. The summed E-state index contributed by atoms with van der Waals surface area (Å²) in [5.41, 5.74) is 17.0. The van der Waals surface area contributed by atoms with E-state index < -0.39 is 0 Å². The number of rotatable bonds is 5. The summed E-state index contributed by atoms with van der Waals surface area (Å²) in [7, 11) is 2.19. The van der Waals surface area contributed by atoms with Crippen LogP contribution in [0.4, 0.5) is 17.2 Å². The van der Waals surface area contributed by atoms with Gasteiger partial charge in [-0.1, -0.05) is 17.7 Å². The maximum absolute atomic E-state index is 6.52. The van der Waals surface area contributed by atoms with Crippen LogP contribution in [0.5, 0.6) is 5.75 Å². The molecule has 2 saturated heterocycles. The Hall–Kier alpha value is -3.62. The largest absolute Gasteiger partial charge is 0.486 e. The van der Waals surface area contributed by atoms with Gasteiger partial charge in [0, 0.05) is 36.8 Å². The van der Waals surface area contributed by atoms with Crippen LogP contribution in [0, 0.1) is 0 Å². The summed E-state index contributed by atoms with van der Waals surface area (Å²) < 4.78 is 5.84. The van der Waals surface area contributed by atoms with Gasteiger partial charge in [-0.05, 0) is 55.9 Å². The predicted molar refractivity (Wildman–Crippen MR) is 140 cm³/mol. The highest BCUT2D eigenvalue weighted by Gasteiger charge is 2.51. The van der Waals surface area contributed by atoms with Crippen LogP contribution in [0.1, 0.15) is 12.1 Å². The second kappa shape index (κ2) is 8.25. The van der Waals surface area contributed by atoms with Crippen molar-refractivity contribution < 1.29 is 4.74 Å². The monoisotopic (exact) mass is 487 g/mol. The molecule has 0 amide bonds. The second-order valence-corrected chi connectivity index (χ2v) is 9.77. The van der Waals surface area contributed by atoms with Crippen molar-refractivity contribution in [2.24, 2.45) is 0 Å². The van der Waals surface area contributed by atoms with Gasteiger partial charge in [-0.2, -0.15) is 0 Å². The Balaban J connectivity index is 1.27. The third-order valence-electron chi connectivity index (χ3n) is 7.20. The van der Waals surface area contributed by atoms with Crippen molar-refractivity contribution >= 4 is 39.7 Å². The molecule has 2 aromatic heterocycles. The van der Waals surface area contributed by atoms with E-state index in [0.29, 0.717) is 40.2 Å². The van der Waals surface area contributed by atoms with Gasteiger partial charge >= 0.3 is 0 Å². The number of aromatic nitrogens is 3. The van der Waals surface area contributed by atoms with Crippen LogP contribution in [0.2, 0.25) is 5.02 Å². The highest BCUT2D eigenvalue weighted by molar-refractivity contribution is 6.32. The molecular weight excluding hydrogens is 462 g/mol. The highest BCUT2D eigenvalue weighted by Crippen LogP contribution is 2.43. The Morgan fingerprint density at radius 3 is 2.63 bits per heavy atom. The molecule has 0 atom stereocenters. The molecule has 4 aromatic rings. The van der Waals surface area contributed by atoms with Crippen molar-refractivity contribution in [1.82, 2.24) is 19.9 Å². The minimum atomic E-state index is 0.300. The zero-order valence-electron chi connectivity index (χ0n) is 19.4. The summed E-state index contributed by atoms with van der Waals surface area (Å²) in [4.78, 5) is 18.3. The zero-order chi connectivity index (χ0) is 24.2. The average molecular weight is 488 g/mol. The number of nitrogens with two attached hydrogens (primary N) is 2. The fourth-order valence-electron chi connectivity index (χ4n) is 4.89. The van der Waals surface area contributed by atoms with E-state index in [1.807, 2.05) is 42.5 Å². The minimum absolute atomic E-state index is 0.300. The topological polar surface area (TPSA) is 106 Å². The van der Waals surface area contributed by atoms with Crippen LogP contribution in [-0.2, 0) is 6.61 Å². The summed E-state index contributed by atoms with van der Waals surface area (Å²) in [5, 5.41) is 1.21. The molecule has 0 radical (unpaired) electrons. The molecule has 9 heteroatoms. The maximum Gasteiger partial charge on any atom is 0.162 e. The Bertz CT molecular complexity index is 1420. The number of ether oxygens (including phenoxy) is 1. The molecule has 4 heterocycles. The zero-order valence-corrected chi connectivity index (χ0v) is 20.2. The average Bonchev–Trinajstić information content (AvgIpc) is 2.83. The second-order valence-electron chi connectivity index (χ2n) is 9.37. The summed E-state index contributed by atoms with van der Waals surface area (Å²) >= 11 is 6.52. The maximum atomic E-state index is 6.52. The first-order valence-corrected chi connectivity index (χ1v) is 12.0. The number of likely N-dealkylation sites (tertiary alicyclic amines) is 1. The molecule has 6 rings (SSSR count). The van der Waals surface area contributed by atoms with E-state index >= 15 is 0 Å². The molecule has 2 aliphatic heterocycles. The number of fused-ring (bicyclic) bond motifs is 1. The van der Waals surface area contributed by atoms with Gasteiger partial charge in [0.15, 0.2) is 5.82 Å². The SMILES string of the molecule is CN1CCC12CN(c1cc3nc(-c4ccc(OCc5ccccn5)c(Cl)c4)nc(N)c3cc1N)C2. The third kappa shape index (κ3) is 3.79. The van der Waals surface area contributed by atoms with Crippen LogP contribution < -0.4 is 21.1 Å². The van der Waals surface area contributed by atoms with Gasteiger partial charge in [-0.3, -0.25) is 9.88 Å². The van der Waals surface area contributed by atoms with E-state index in [0.717, 1.165) is 47.5 Å². The number of halogens is 1. The molecule has 1 spiro atoms. The lowest BCUT2D eigenvalue weighted by Gasteiger charge is -2.62. The van der Waals surface area contributed by atoms with Gasteiger partial charge in [0.05, 0.1) is 33.1 Å². The number of hydrogen-bond donors (Lipinski definition) is 2. The molecule has 2 fully saturated rings. The Kier molecular flexibility index (Phi) is 5.16. The van der Waals surface area contributed by atoms with Crippen molar-refractivity contribution in [2.75, 3.05) is 43.0 Å². The Morgan fingerprint density at radius 1 is 1.09 bits per heavy atom. The molecule has 178 valence electrons. The first-order chi connectivity index (χ1) is 16.9. The van der Waals surface area contributed by atoms with E-state index in [2.05, 4.69) is 26.8 Å². The molecule has 2 aliphatic rings. The molecule has 2 aromatic carbocycles. The van der Waals surface area contributed by atoms with Gasteiger partial charge in [0.25, 0.3) is 0 Å². The number of hydrogen-bond acceptors (Lipinski definition) is 8. The lowest BCUT2D eigenvalue weighted by Crippen LogP contribution is -2.76. The summed E-state index contributed by atoms with van der Waals surface area (Å²) in [6, 6.07) is 15.1. The van der Waals surface area contributed by atoms with E-state index in [1.54, 1.807) is 12.3 Å². The van der Waals surface area contributed by atoms with Crippen LogP contribution in [0.25, 0.3) is 22.3 Å². The molecule has 0 aliphatic carbocycles. The van der Waals surface area contributed by atoms with E-state index in [4.69, 9.17) is 32.8 Å². The molecule has 0 bridgehead atoms. The number of nitrogen functional groups attached to an aromatic ring is 2. The normalized spacial score (nSPS) is 16.8. The first kappa shape index (κ1) is 21.9. The Morgan fingerprint density at radius 2 is 1.94 bits per heavy atom. The minimum Gasteiger partial charge on any atom is -0.486 e. The van der Waals surface area contributed by atoms with Gasteiger partial charge < -0.3 is 21.1 Å². The number of nitrogens with zero attached hydrogens (tertiary/aromatic N) is 5. The van der Waals surface area contributed by atoms with Crippen molar-refractivity contribution in [3.63, 3.8) is 0 Å². The van der Waals surface area contributed by atoms with Gasteiger partial charge in [0.2, 0.25) is 0 Å². The number of benzene rings is 2. The molecule has 8 nitrogen and oxygen atoms in total. The fourth-order valence-corrected chi connectivity index (χ4v) is 5.12. The fraction of sp³-hybridized carbons (Fsp3) is 0.269.